The Morgan fingerprint density at radius 1 is 1.07 bits per heavy atom. The zero-order valence-electron chi connectivity index (χ0n) is 9.70. The first kappa shape index (κ1) is 11.4. The van der Waals surface area contributed by atoms with Crippen LogP contribution in [0.25, 0.3) is 0 Å². The van der Waals surface area contributed by atoms with Crippen molar-refractivity contribution >= 4 is 0 Å². The van der Waals surface area contributed by atoms with Gasteiger partial charge in [0, 0.05) is 25.7 Å². The molecule has 0 amide bonds. The van der Waals surface area contributed by atoms with Crippen molar-refractivity contribution in [2.45, 2.75) is 38.1 Å². The molecule has 1 saturated heterocycles. The summed E-state index contributed by atoms with van der Waals surface area (Å²) in [6.07, 6.45) is 6.87. The second-order valence-electron chi connectivity index (χ2n) is 4.89. The maximum Gasteiger partial charge on any atom is 0.0558 e. The van der Waals surface area contributed by atoms with Crippen molar-refractivity contribution in [1.82, 2.24) is 9.80 Å². The predicted octanol–water partition coefficient (Wildman–Crippen LogP) is 0.929. The van der Waals surface area contributed by atoms with Crippen LogP contribution >= 0.6 is 0 Å². The van der Waals surface area contributed by atoms with Crippen molar-refractivity contribution in [2.75, 3.05) is 39.3 Å². The summed E-state index contributed by atoms with van der Waals surface area (Å²) in [7, 11) is 0. The largest absolute Gasteiger partial charge is 0.395 e. The van der Waals surface area contributed by atoms with Crippen LogP contribution in [0.4, 0.5) is 0 Å². The van der Waals surface area contributed by atoms with E-state index >= 15 is 0 Å². The molecule has 3 nitrogen and oxygen atoms in total. The topological polar surface area (TPSA) is 26.7 Å². The Morgan fingerprint density at radius 2 is 1.80 bits per heavy atom. The molecule has 88 valence electrons. The van der Waals surface area contributed by atoms with E-state index in [9.17, 15) is 0 Å². The lowest BCUT2D eigenvalue weighted by Gasteiger charge is -2.29. The number of aliphatic hydroxyl groups excluding tert-OH is 1. The Balaban J connectivity index is 1.65. The van der Waals surface area contributed by atoms with E-state index in [1.54, 1.807) is 0 Å². The minimum absolute atomic E-state index is 0.316. The third kappa shape index (κ3) is 3.74. The van der Waals surface area contributed by atoms with E-state index < -0.39 is 0 Å². The lowest BCUT2D eigenvalue weighted by molar-refractivity contribution is 0.152. The zero-order valence-corrected chi connectivity index (χ0v) is 9.70. The van der Waals surface area contributed by atoms with Crippen LogP contribution in [0.5, 0.6) is 0 Å². The second-order valence-corrected chi connectivity index (χ2v) is 4.89. The van der Waals surface area contributed by atoms with Gasteiger partial charge in [0.2, 0.25) is 0 Å². The molecular weight excluding hydrogens is 188 g/mol. The van der Waals surface area contributed by atoms with E-state index in [0.29, 0.717) is 6.61 Å². The molecule has 1 N–H and O–H groups in total. The van der Waals surface area contributed by atoms with Crippen molar-refractivity contribution in [3.8, 4) is 0 Å². The molecule has 0 spiro atoms. The van der Waals surface area contributed by atoms with Crippen LogP contribution in [0.1, 0.15) is 32.1 Å². The number of hydrogen-bond donors (Lipinski definition) is 1. The van der Waals surface area contributed by atoms with Crippen LogP contribution in [0, 0.1) is 0 Å². The van der Waals surface area contributed by atoms with Gasteiger partial charge in [-0.05, 0) is 38.8 Å². The Bertz CT molecular complexity index is 176. The van der Waals surface area contributed by atoms with Crippen molar-refractivity contribution in [1.29, 1.82) is 0 Å². The fourth-order valence-corrected chi connectivity index (χ4v) is 2.50. The molecule has 0 unspecified atom stereocenters. The standard InChI is InChI=1S/C12H24N2O/c15-11-10-14(12-4-5-12)9-8-13-6-2-1-3-7-13/h12,15H,1-11H2. The summed E-state index contributed by atoms with van der Waals surface area (Å²) < 4.78 is 0. The van der Waals surface area contributed by atoms with Crippen molar-refractivity contribution < 1.29 is 5.11 Å². The average molecular weight is 212 g/mol. The summed E-state index contributed by atoms with van der Waals surface area (Å²) >= 11 is 0. The number of hydrogen-bond acceptors (Lipinski definition) is 3. The maximum atomic E-state index is 9.00. The zero-order chi connectivity index (χ0) is 10.5. The predicted molar refractivity (Wildman–Crippen MR) is 62.0 cm³/mol. The van der Waals surface area contributed by atoms with E-state index in [1.165, 1.54) is 51.7 Å². The van der Waals surface area contributed by atoms with Crippen LogP contribution in [0.15, 0.2) is 0 Å². The third-order valence-corrected chi connectivity index (χ3v) is 3.60. The van der Waals surface area contributed by atoms with Gasteiger partial charge in [-0.15, -0.1) is 0 Å². The van der Waals surface area contributed by atoms with Gasteiger partial charge < -0.3 is 10.0 Å². The van der Waals surface area contributed by atoms with Crippen LogP contribution in [-0.4, -0.2) is 60.3 Å². The molecule has 1 heterocycles. The fraction of sp³-hybridized carbons (Fsp3) is 1.00. The second kappa shape index (κ2) is 5.83. The molecule has 2 fully saturated rings. The summed E-state index contributed by atoms with van der Waals surface area (Å²) in [5.74, 6) is 0. The Kier molecular flexibility index (Phi) is 4.42. The van der Waals surface area contributed by atoms with E-state index in [0.717, 1.165) is 19.1 Å². The smallest absolute Gasteiger partial charge is 0.0558 e. The summed E-state index contributed by atoms with van der Waals surface area (Å²) in [6.45, 7) is 6.13. The van der Waals surface area contributed by atoms with Crippen molar-refractivity contribution in [3.05, 3.63) is 0 Å². The molecule has 15 heavy (non-hydrogen) atoms. The highest BCUT2D eigenvalue weighted by atomic mass is 16.3. The highest BCUT2D eigenvalue weighted by Crippen LogP contribution is 2.26. The molecule has 0 bridgehead atoms. The number of likely N-dealkylation sites (tertiary alicyclic amines) is 1. The minimum atomic E-state index is 0.316. The van der Waals surface area contributed by atoms with E-state index in [-0.39, 0.29) is 0 Å². The molecule has 2 aliphatic rings. The van der Waals surface area contributed by atoms with Gasteiger partial charge in [0.25, 0.3) is 0 Å². The third-order valence-electron chi connectivity index (χ3n) is 3.60. The van der Waals surface area contributed by atoms with E-state index in [4.69, 9.17) is 5.11 Å². The molecule has 1 aliphatic heterocycles. The molecule has 0 aromatic carbocycles. The van der Waals surface area contributed by atoms with Gasteiger partial charge in [0.15, 0.2) is 0 Å². The first-order chi connectivity index (χ1) is 7.40. The summed E-state index contributed by atoms with van der Waals surface area (Å²) in [4.78, 5) is 5.05. The number of rotatable bonds is 6. The Labute approximate surface area is 93.1 Å². The van der Waals surface area contributed by atoms with Gasteiger partial charge in [-0.3, -0.25) is 4.90 Å². The van der Waals surface area contributed by atoms with Crippen molar-refractivity contribution in [2.24, 2.45) is 0 Å². The first-order valence-corrected chi connectivity index (χ1v) is 6.47. The monoisotopic (exact) mass is 212 g/mol. The normalized spacial score (nSPS) is 23.6. The molecule has 0 aromatic heterocycles. The minimum Gasteiger partial charge on any atom is -0.395 e. The van der Waals surface area contributed by atoms with Crippen LogP contribution < -0.4 is 0 Å². The average Bonchev–Trinajstić information content (AvgIpc) is 3.09. The molecule has 0 aromatic rings. The van der Waals surface area contributed by atoms with E-state index in [1.807, 2.05) is 0 Å². The molecule has 2 rings (SSSR count). The van der Waals surface area contributed by atoms with Crippen LogP contribution in [0.2, 0.25) is 0 Å². The number of aliphatic hydroxyl groups is 1. The van der Waals surface area contributed by atoms with Gasteiger partial charge in [-0.25, -0.2) is 0 Å². The van der Waals surface area contributed by atoms with Crippen LogP contribution in [-0.2, 0) is 0 Å². The van der Waals surface area contributed by atoms with Gasteiger partial charge in [-0.1, -0.05) is 6.42 Å². The Morgan fingerprint density at radius 3 is 2.40 bits per heavy atom. The lowest BCUT2D eigenvalue weighted by Crippen LogP contribution is -2.39. The first-order valence-electron chi connectivity index (χ1n) is 6.47. The Hall–Kier alpha value is -0.120. The summed E-state index contributed by atoms with van der Waals surface area (Å²) in [6, 6.07) is 0.793. The van der Waals surface area contributed by atoms with E-state index in [2.05, 4.69) is 9.80 Å². The summed E-state index contributed by atoms with van der Waals surface area (Å²) in [5.41, 5.74) is 0. The van der Waals surface area contributed by atoms with Crippen LogP contribution in [0.3, 0.4) is 0 Å². The van der Waals surface area contributed by atoms with Gasteiger partial charge in [0.1, 0.15) is 0 Å². The molecule has 1 saturated carbocycles. The number of piperidine rings is 1. The van der Waals surface area contributed by atoms with Gasteiger partial charge in [0.05, 0.1) is 6.61 Å². The van der Waals surface area contributed by atoms with Gasteiger partial charge >= 0.3 is 0 Å². The molecular formula is C12H24N2O. The maximum absolute atomic E-state index is 9.00. The molecule has 1 aliphatic carbocycles. The molecule has 3 heteroatoms. The lowest BCUT2D eigenvalue weighted by atomic mass is 10.1. The highest BCUT2D eigenvalue weighted by Gasteiger charge is 2.28. The number of nitrogens with zero attached hydrogens (tertiary/aromatic N) is 2. The summed E-state index contributed by atoms with van der Waals surface area (Å²) in [5, 5.41) is 9.00. The molecule has 0 atom stereocenters. The van der Waals surface area contributed by atoms with Crippen molar-refractivity contribution in [3.63, 3.8) is 0 Å². The quantitative estimate of drug-likeness (QED) is 0.709. The van der Waals surface area contributed by atoms with Gasteiger partial charge in [-0.2, -0.15) is 0 Å². The molecule has 0 radical (unpaired) electrons. The highest BCUT2D eigenvalue weighted by molar-refractivity contribution is 4.84. The fourth-order valence-electron chi connectivity index (χ4n) is 2.50. The SMILES string of the molecule is OCCN(CCN1CCCCC1)C1CC1.